The van der Waals surface area contributed by atoms with Crippen LogP contribution in [0.2, 0.25) is 0 Å². The van der Waals surface area contributed by atoms with Crippen LogP contribution in [-0.2, 0) is 21.7 Å². The summed E-state index contributed by atoms with van der Waals surface area (Å²) in [4.78, 5) is 6.62. The van der Waals surface area contributed by atoms with E-state index in [-0.39, 0.29) is 21.7 Å². The van der Waals surface area contributed by atoms with Crippen LogP contribution in [0, 0.1) is 6.92 Å². The van der Waals surface area contributed by atoms with Crippen molar-refractivity contribution in [2.75, 3.05) is 4.90 Å². The van der Waals surface area contributed by atoms with E-state index in [1.807, 2.05) is 11.3 Å². The van der Waals surface area contributed by atoms with Crippen molar-refractivity contribution < 1.29 is 0 Å². The third kappa shape index (κ3) is 5.08. The topological polar surface area (TPSA) is 19.0 Å². The van der Waals surface area contributed by atoms with Crippen molar-refractivity contribution in [2.24, 2.45) is 0 Å². The quantitative estimate of drug-likeness (QED) is 0.174. The largest absolute Gasteiger partial charge is 0.354 e. The Labute approximate surface area is 342 Å². The monoisotopic (exact) mass is 760 g/mol. The molecule has 3 aliphatic rings. The molecule has 0 radical (unpaired) electrons. The number of rotatable bonds is 2. The van der Waals surface area contributed by atoms with Crippen LogP contribution in [0.1, 0.15) is 109 Å². The van der Waals surface area contributed by atoms with Crippen LogP contribution in [0.25, 0.3) is 53.8 Å². The highest BCUT2D eigenvalue weighted by Crippen LogP contribution is 2.53. The number of aromatic amines is 1. The van der Waals surface area contributed by atoms with Crippen molar-refractivity contribution in [1.82, 2.24) is 4.98 Å². The average Bonchev–Trinajstić information content (AvgIpc) is 3.75. The highest BCUT2D eigenvalue weighted by Gasteiger charge is 2.41. The Hall–Kier alpha value is -4.80. The molecule has 1 N–H and O–H groups in total. The lowest BCUT2D eigenvalue weighted by Crippen LogP contribution is -2.40. The number of hydrogen-bond acceptors (Lipinski definition) is 2. The first kappa shape index (κ1) is 35.4. The molecule has 0 atom stereocenters. The summed E-state index contributed by atoms with van der Waals surface area (Å²) in [6.45, 7) is 22.0. The van der Waals surface area contributed by atoms with Crippen molar-refractivity contribution in [1.29, 1.82) is 0 Å². The van der Waals surface area contributed by atoms with E-state index in [2.05, 4.69) is 169 Å². The third-order valence-corrected chi connectivity index (χ3v) is 15.9. The SMILES string of the molecule is Cc1cc(-c2cccc3c2[nH]c2ccc4ccccc4c23)c2c(c1)N(c1ccc3c(c1)C(C)(C)CCC3(C)C)c1c(sc3cc4c(cc13)C(C)(C)CCC4(C)C)B2. The normalized spacial score (nSPS) is 18.6. The zero-order valence-corrected chi connectivity index (χ0v) is 35.9. The Morgan fingerprint density at radius 2 is 1.26 bits per heavy atom. The van der Waals surface area contributed by atoms with Crippen LogP contribution in [0.15, 0.2) is 97.1 Å². The van der Waals surface area contributed by atoms with Crippen molar-refractivity contribution in [3.05, 3.63) is 125 Å². The summed E-state index contributed by atoms with van der Waals surface area (Å²) >= 11 is 2.03. The van der Waals surface area contributed by atoms with E-state index in [1.165, 1.54) is 129 Å². The molecule has 2 nitrogen and oxygen atoms in total. The molecule has 11 rings (SSSR count). The molecule has 0 saturated carbocycles. The molecule has 284 valence electrons. The standard InChI is InChI=1S/C53H53BN2S/c1-30-25-36(34-15-12-16-35-45-33-14-11-10-13-31(33)17-20-42(45)55-47(34)35)46-43(26-30)56(32-18-19-38-39(27-32)51(4,5)22-21-50(38,2)3)48-37-28-40-41(29-44(37)57-49(48)54-46)53(8,9)24-23-52(40,6)7/h10-20,25-29,54-55H,21-24H2,1-9H3. The van der Waals surface area contributed by atoms with Gasteiger partial charge in [0.05, 0.1) is 11.2 Å². The number of aryl methyl sites for hydroxylation is 1. The predicted octanol–water partition coefficient (Wildman–Crippen LogP) is 13.5. The van der Waals surface area contributed by atoms with E-state index >= 15 is 0 Å². The van der Waals surface area contributed by atoms with Gasteiger partial charge in [-0.15, -0.1) is 11.3 Å². The van der Waals surface area contributed by atoms with Gasteiger partial charge in [-0.25, -0.2) is 0 Å². The molecule has 57 heavy (non-hydrogen) atoms. The number of thiophene rings is 1. The maximum absolute atomic E-state index is 3.93. The van der Waals surface area contributed by atoms with E-state index in [1.54, 1.807) is 5.56 Å². The molecular formula is C53H53BN2S. The van der Waals surface area contributed by atoms with Crippen LogP contribution in [0.4, 0.5) is 17.1 Å². The van der Waals surface area contributed by atoms with E-state index in [0.29, 0.717) is 0 Å². The number of aromatic nitrogens is 1. The van der Waals surface area contributed by atoms with Gasteiger partial charge < -0.3 is 9.88 Å². The average molecular weight is 761 g/mol. The van der Waals surface area contributed by atoms with E-state index in [9.17, 15) is 0 Å². The molecule has 4 heteroatoms. The van der Waals surface area contributed by atoms with Crippen molar-refractivity contribution in [3.63, 3.8) is 0 Å². The first-order valence-corrected chi connectivity index (χ1v) is 22.0. The summed E-state index contributed by atoms with van der Waals surface area (Å²) in [6.07, 6.45) is 4.85. The Bertz CT molecular complexity index is 3020. The fourth-order valence-corrected chi connectivity index (χ4v) is 12.4. The second kappa shape index (κ2) is 11.7. The number of para-hydroxylation sites is 1. The minimum Gasteiger partial charge on any atom is -0.354 e. The number of anilines is 3. The fraction of sp³-hybridized carbons (Fsp3) is 0.321. The van der Waals surface area contributed by atoms with Gasteiger partial charge in [-0.05, 0) is 145 Å². The van der Waals surface area contributed by atoms with Gasteiger partial charge in [0.1, 0.15) is 0 Å². The zero-order valence-electron chi connectivity index (χ0n) is 35.1. The molecule has 3 heterocycles. The highest BCUT2D eigenvalue weighted by molar-refractivity contribution is 7.29. The molecule has 2 aromatic heterocycles. The second-order valence-electron chi connectivity index (χ2n) is 20.4. The van der Waals surface area contributed by atoms with E-state index < -0.39 is 0 Å². The molecule has 0 amide bonds. The van der Waals surface area contributed by atoms with Gasteiger partial charge in [0.15, 0.2) is 0 Å². The number of nitrogens with one attached hydrogen (secondary N) is 1. The van der Waals surface area contributed by atoms with Gasteiger partial charge >= 0.3 is 0 Å². The predicted molar refractivity (Wildman–Crippen MR) is 251 cm³/mol. The number of fused-ring (bicyclic) bond motifs is 11. The first-order valence-electron chi connectivity index (χ1n) is 21.2. The van der Waals surface area contributed by atoms with Crippen molar-refractivity contribution in [3.8, 4) is 11.1 Å². The number of H-pyrrole nitrogens is 1. The van der Waals surface area contributed by atoms with E-state index in [4.69, 9.17) is 0 Å². The molecule has 0 spiro atoms. The summed E-state index contributed by atoms with van der Waals surface area (Å²) in [5, 5.41) is 6.60. The van der Waals surface area contributed by atoms with Gasteiger partial charge in [0, 0.05) is 43.3 Å². The Morgan fingerprint density at radius 3 is 2.02 bits per heavy atom. The maximum atomic E-state index is 3.93. The summed E-state index contributed by atoms with van der Waals surface area (Å²) in [5.41, 5.74) is 18.4. The van der Waals surface area contributed by atoms with Crippen molar-refractivity contribution in [2.45, 2.75) is 110 Å². The Morgan fingerprint density at radius 1 is 0.596 bits per heavy atom. The van der Waals surface area contributed by atoms with Gasteiger partial charge in [-0.1, -0.05) is 116 Å². The second-order valence-corrected chi connectivity index (χ2v) is 21.6. The smallest absolute Gasteiger partial charge is 0.211 e. The lowest BCUT2D eigenvalue weighted by Gasteiger charge is -2.43. The van der Waals surface area contributed by atoms with Crippen LogP contribution in [0.5, 0.6) is 0 Å². The number of hydrogen-bond donors (Lipinski definition) is 1. The summed E-state index contributed by atoms with van der Waals surface area (Å²) in [5.74, 6) is 0. The van der Waals surface area contributed by atoms with Crippen LogP contribution in [0.3, 0.4) is 0 Å². The summed E-state index contributed by atoms with van der Waals surface area (Å²) in [7, 11) is 0.913. The minimum atomic E-state index is 0.112. The zero-order chi connectivity index (χ0) is 39.4. The lowest BCUT2D eigenvalue weighted by molar-refractivity contribution is 0.332. The molecular weight excluding hydrogens is 707 g/mol. The van der Waals surface area contributed by atoms with Crippen LogP contribution < -0.4 is 15.1 Å². The summed E-state index contributed by atoms with van der Waals surface area (Å²) in [6, 6.07) is 37.9. The molecule has 0 saturated heterocycles. The van der Waals surface area contributed by atoms with Crippen LogP contribution >= 0.6 is 11.3 Å². The van der Waals surface area contributed by atoms with Crippen molar-refractivity contribution >= 4 is 88.6 Å². The molecule has 1 aliphatic heterocycles. The van der Waals surface area contributed by atoms with E-state index in [0.717, 1.165) is 7.28 Å². The summed E-state index contributed by atoms with van der Waals surface area (Å²) < 4.78 is 2.89. The molecule has 2 aliphatic carbocycles. The molecule has 8 aromatic rings. The molecule has 0 bridgehead atoms. The fourth-order valence-electron chi connectivity index (χ4n) is 11.2. The lowest BCUT2D eigenvalue weighted by atomic mass is 9.61. The Balaban J connectivity index is 1.20. The molecule has 0 unspecified atom stereocenters. The van der Waals surface area contributed by atoms with Gasteiger partial charge in [-0.2, -0.15) is 0 Å². The minimum absolute atomic E-state index is 0.112. The van der Waals surface area contributed by atoms with Gasteiger partial charge in [0.25, 0.3) is 0 Å². The third-order valence-electron chi connectivity index (χ3n) is 14.8. The maximum Gasteiger partial charge on any atom is 0.211 e. The first-order chi connectivity index (χ1) is 27.1. The molecule has 0 fully saturated rings. The molecule has 6 aromatic carbocycles. The van der Waals surface area contributed by atoms with Gasteiger partial charge in [-0.3, -0.25) is 0 Å². The number of nitrogens with zero attached hydrogens (tertiary/aromatic N) is 1. The van der Waals surface area contributed by atoms with Crippen LogP contribution in [-0.4, -0.2) is 12.3 Å². The highest BCUT2D eigenvalue weighted by atomic mass is 32.1. The Kier molecular flexibility index (Phi) is 7.24. The number of benzene rings is 6. The van der Waals surface area contributed by atoms with Gasteiger partial charge in [0.2, 0.25) is 7.28 Å².